The fourth-order valence-corrected chi connectivity index (χ4v) is 0.512. The monoisotopic (exact) mass is 143 g/mol. The molecule has 0 bridgehead atoms. The number of ether oxygens (including phenoxy) is 1. The zero-order valence-electron chi connectivity index (χ0n) is 6.22. The van der Waals surface area contributed by atoms with Crippen LogP contribution < -0.4 is 0 Å². The molecule has 0 spiro atoms. The molecule has 1 unspecified atom stereocenters. The Kier molecular flexibility index (Phi) is 4.54. The van der Waals surface area contributed by atoms with Crippen molar-refractivity contribution in [3.05, 3.63) is 0 Å². The van der Waals surface area contributed by atoms with Gasteiger partial charge in [-0.15, -0.1) is 0 Å². The molecule has 0 aromatic rings. The molecule has 0 aliphatic rings. The van der Waals surface area contributed by atoms with Gasteiger partial charge in [-0.2, -0.15) is 0 Å². The van der Waals surface area contributed by atoms with Crippen molar-refractivity contribution >= 4 is 12.3 Å². The van der Waals surface area contributed by atoms with E-state index in [-0.39, 0.29) is 18.3 Å². The van der Waals surface area contributed by atoms with Crippen molar-refractivity contribution < 1.29 is 14.3 Å². The van der Waals surface area contributed by atoms with Gasteiger partial charge in [0, 0.05) is 5.92 Å². The molecule has 10 heavy (non-hydrogen) atoms. The van der Waals surface area contributed by atoms with E-state index in [2.05, 4.69) is 4.74 Å². The first-order valence-corrected chi connectivity index (χ1v) is 3.24. The Labute approximate surface area is 60.4 Å². The molecule has 0 aliphatic carbocycles. The largest absolute Gasteiger partial charge is 0.466 e. The van der Waals surface area contributed by atoms with E-state index in [9.17, 15) is 9.59 Å². The molecular weight excluding hydrogens is 132 g/mol. The minimum absolute atomic E-state index is 0.136. The van der Waals surface area contributed by atoms with E-state index in [0.29, 0.717) is 6.61 Å². The van der Waals surface area contributed by atoms with Crippen molar-refractivity contribution in [2.24, 2.45) is 5.92 Å². The maximum atomic E-state index is 10.6. The molecular formula is C7H11O3. The molecule has 3 nitrogen and oxygen atoms in total. The van der Waals surface area contributed by atoms with Gasteiger partial charge in [-0.25, -0.2) is 0 Å². The van der Waals surface area contributed by atoms with E-state index in [1.54, 1.807) is 20.1 Å². The van der Waals surface area contributed by atoms with Crippen LogP contribution in [0, 0.1) is 5.92 Å². The first kappa shape index (κ1) is 9.14. The summed E-state index contributed by atoms with van der Waals surface area (Å²) in [6.45, 7) is 3.72. The summed E-state index contributed by atoms with van der Waals surface area (Å²) in [5.74, 6) is -0.683. The van der Waals surface area contributed by atoms with E-state index in [1.807, 2.05) is 0 Å². The topological polar surface area (TPSA) is 43.4 Å². The van der Waals surface area contributed by atoms with Crippen LogP contribution in [-0.4, -0.2) is 18.9 Å². The van der Waals surface area contributed by atoms with Crippen LogP contribution in [0.2, 0.25) is 0 Å². The summed E-state index contributed by atoms with van der Waals surface area (Å²) in [7, 11) is 0. The first-order valence-electron chi connectivity index (χ1n) is 3.24. The molecule has 0 heterocycles. The third-order valence-corrected chi connectivity index (χ3v) is 0.979. The van der Waals surface area contributed by atoms with Crippen molar-refractivity contribution in [1.29, 1.82) is 0 Å². The smallest absolute Gasteiger partial charge is 0.306 e. The van der Waals surface area contributed by atoms with E-state index in [1.165, 1.54) is 0 Å². The quantitative estimate of drug-likeness (QED) is 0.544. The molecule has 0 aromatic carbocycles. The van der Waals surface area contributed by atoms with Gasteiger partial charge in [0.25, 0.3) is 0 Å². The number of hydrogen-bond donors (Lipinski definition) is 0. The fraction of sp³-hybridized carbons (Fsp3) is 0.714. The van der Waals surface area contributed by atoms with Crippen LogP contribution in [0.25, 0.3) is 0 Å². The van der Waals surface area contributed by atoms with Crippen molar-refractivity contribution in [2.75, 3.05) is 6.61 Å². The van der Waals surface area contributed by atoms with Gasteiger partial charge in [0.1, 0.15) is 0 Å². The zero-order chi connectivity index (χ0) is 7.98. The Balaban J connectivity index is 3.46. The van der Waals surface area contributed by atoms with Gasteiger partial charge in [0.05, 0.1) is 13.0 Å². The fourth-order valence-electron chi connectivity index (χ4n) is 0.512. The Morgan fingerprint density at radius 1 is 1.70 bits per heavy atom. The van der Waals surface area contributed by atoms with Crippen molar-refractivity contribution in [3.63, 3.8) is 0 Å². The van der Waals surface area contributed by atoms with E-state index in [4.69, 9.17) is 0 Å². The Bertz CT molecular complexity index is 120. The molecule has 0 saturated carbocycles. The highest BCUT2D eigenvalue weighted by molar-refractivity contribution is 5.73. The Morgan fingerprint density at radius 2 is 2.30 bits per heavy atom. The second-order valence-electron chi connectivity index (χ2n) is 2.03. The van der Waals surface area contributed by atoms with E-state index in [0.717, 1.165) is 0 Å². The van der Waals surface area contributed by atoms with Crippen LogP contribution in [0.3, 0.4) is 0 Å². The van der Waals surface area contributed by atoms with E-state index < -0.39 is 0 Å². The summed E-state index contributed by atoms with van der Waals surface area (Å²) in [4.78, 5) is 20.5. The number of rotatable bonds is 4. The molecule has 0 N–H and O–H groups in total. The predicted molar refractivity (Wildman–Crippen MR) is 36.1 cm³/mol. The molecule has 1 atom stereocenters. The summed E-state index contributed by atoms with van der Waals surface area (Å²) < 4.78 is 4.60. The summed E-state index contributed by atoms with van der Waals surface area (Å²) in [6, 6.07) is 0. The van der Waals surface area contributed by atoms with Crippen LogP contribution in [0.5, 0.6) is 0 Å². The van der Waals surface area contributed by atoms with Crippen molar-refractivity contribution in [3.8, 4) is 0 Å². The lowest BCUT2D eigenvalue weighted by Crippen LogP contribution is -2.09. The van der Waals surface area contributed by atoms with Gasteiger partial charge in [-0.1, -0.05) is 6.92 Å². The van der Waals surface area contributed by atoms with Crippen LogP contribution >= 0.6 is 0 Å². The van der Waals surface area contributed by atoms with Gasteiger partial charge < -0.3 is 4.74 Å². The standard InChI is InChI=1S/C7H11O3/c1-3-10-7(9)4-6(2)5-8/h6H,3-4H2,1-2H3. The molecule has 0 fully saturated rings. The molecule has 1 radical (unpaired) electrons. The van der Waals surface area contributed by atoms with Crippen LogP contribution in [0.15, 0.2) is 0 Å². The molecule has 57 valence electrons. The van der Waals surface area contributed by atoms with E-state index >= 15 is 0 Å². The third-order valence-electron chi connectivity index (χ3n) is 0.979. The lowest BCUT2D eigenvalue weighted by molar-refractivity contribution is -0.143. The SMILES string of the molecule is CCOC(=O)CC(C)[C]=O. The summed E-state index contributed by atoms with van der Waals surface area (Å²) in [5.41, 5.74) is 0. The second-order valence-corrected chi connectivity index (χ2v) is 2.03. The Morgan fingerprint density at radius 3 is 2.70 bits per heavy atom. The summed E-state index contributed by atoms with van der Waals surface area (Å²) in [6.07, 6.45) is 1.84. The number of esters is 1. The summed E-state index contributed by atoms with van der Waals surface area (Å²) in [5, 5.41) is 0. The highest BCUT2D eigenvalue weighted by Crippen LogP contribution is 1.98. The van der Waals surface area contributed by atoms with Gasteiger partial charge in [0.15, 0.2) is 0 Å². The normalized spacial score (nSPS) is 12.2. The summed E-state index contributed by atoms with van der Waals surface area (Å²) >= 11 is 0. The molecule has 0 amide bonds. The number of carbonyl (C=O) groups is 1. The molecule has 0 saturated heterocycles. The van der Waals surface area contributed by atoms with Gasteiger partial charge in [0.2, 0.25) is 6.29 Å². The second kappa shape index (κ2) is 4.97. The Hall–Kier alpha value is -0.860. The van der Waals surface area contributed by atoms with Gasteiger partial charge in [-0.3, -0.25) is 9.59 Å². The molecule has 0 aromatic heterocycles. The maximum Gasteiger partial charge on any atom is 0.306 e. The maximum absolute atomic E-state index is 10.6. The lowest BCUT2D eigenvalue weighted by atomic mass is 10.1. The predicted octanol–water partition coefficient (Wildman–Crippen LogP) is 0.685. The van der Waals surface area contributed by atoms with Gasteiger partial charge in [-0.05, 0) is 6.92 Å². The van der Waals surface area contributed by atoms with Crippen LogP contribution in [0.4, 0.5) is 0 Å². The van der Waals surface area contributed by atoms with Gasteiger partial charge >= 0.3 is 5.97 Å². The minimum atomic E-state index is -0.348. The van der Waals surface area contributed by atoms with Crippen LogP contribution in [-0.2, 0) is 14.3 Å². The first-order chi connectivity index (χ1) is 4.70. The van der Waals surface area contributed by atoms with Crippen molar-refractivity contribution in [1.82, 2.24) is 0 Å². The highest BCUT2D eigenvalue weighted by atomic mass is 16.5. The highest BCUT2D eigenvalue weighted by Gasteiger charge is 2.08. The van der Waals surface area contributed by atoms with Crippen molar-refractivity contribution in [2.45, 2.75) is 20.3 Å². The third kappa shape index (κ3) is 4.06. The zero-order valence-corrected chi connectivity index (χ0v) is 6.22. The average Bonchev–Trinajstić information content (AvgIpc) is 1.88. The molecule has 0 rings (SSSR count). The van der Waals surface area contributed by atoms with Crippen LogP contribution in [0.1, 0.15) is 20.3 Å². The average molecular weight is 143 g/mol. The molecule has 3 heteroatoms. The number of carbonyl (C=O) groups excluding carboxylic acids is 2. The minimum Gasteiger partial charge on any atom is -0.466 e. The molecule has 0 aliphatic heterocycles. The lowest BCUT2D eigenvalue weighted by Gasteiger charge is -2.01. The number of hydrogen-bond acceptors (Lipinski definition) is 3.